The first-order valence-electron chi connectivity index (χ1n) is 8.90. The fourth-order valence-corrected chi connectivity index (χ4v) is 3.20. The summed E-state index contributed by atoms with van der Waals surface area (Å²) >= 11 is 11.9. The highest BCUT2D eigenvalue weighted by atomic mass is 35.5. The molecule has 0 spiro atoms. The van der Waals surface area contributed by atoms with Crippen molar-refractivity contribution in [2.24, 2.45) is 5.92 Å². The zero-order chi connectivity index (χ0) is 20.8. The fraction of sp³-hybridized carbons (Fsp3) is 0.381. The Morgan fingerprint density at radius 3 is 2.50 bits per heavy atom. The molecule has 7 heteroatoms. The van der Waals surface area contributed by atoms with Gasteiger partial charge in [0, 0.05) is 23.4 Å². The maximum Gasteiger partial charge on any atom is 0.140 e. The highest BCUT2D eigenvalue weighted by Gasteiger charge is 2.19. The molecule has 2 atom stereocenters. The minimum absolute atomic E-state index is 0.0796. The molecule has 5 nitrogen and oxygen atoms in total. The second-order valence-corrected chi connectivity index (χ2v) is 7.63. The summed E-state index contributed by atoms with van der Waals surface area (Å²) in [5.41, 5.74) is 4.19. The number of phenols is 1. The first-order chi connectivity index (χ1) is 13.2. The van der Waals surface area contributed by atoms with E-state index in [-0.39, 0.29) is 41.7 Å². The van der Waals surface area contributed by atoms with E-state index < -0.39 is 12.2 Å². The van der Waals surface area contributed by atoms with Crippen molar-refractivity contribution in [3.05, 3.63) is 68.8 Å². The first kappa shape index (κ1) is 22.6. The van der Waals surface area contributed by atoms with Crippen LogP contribution in [-0.2, 0) is 6.61 Å². The summed E-state index contributed by atoms with van der Waals surface area (Å²) in [5.74, 6) is 0.648. The number of aromatic hydroxyl groups is 1. The molecule has 0 fully saturated rings. The van der Waals surface area contributed by atoms with Gasteiger partial charge in [-0.15, -0.1) is 5.73 Å². The van der Waals surface area contributed by atoms with Gasteiger partial charge in [0.15, 0.2) is 0 Å². The van der Waals surface area contributed by atoms with Gasteiger partial charge in [0.25, 0.3) is 0 Å². The van der Waals surface area contributed by atoms with Crippen LogP contribution in [0.25, 0.3) is 0 Å². The summed E-state index contributed by atoms with van der Waals surface area (Å²) in [4.78, 5) is 0. The Balaban J connectivity index is 2.14. The normalized spacial score (nSPS) is 13.3. The molecule has 0 saturated heterocycles. The van der Waals surface area contributed by atoms with E-state index in [1.54, 1.807) is 18.2 Å². The van der Waals surface area contributed by atoms with E-state index in [1.165, 1.54) is 12.1 Å². The lowest BCUT2D eigenvalue weighted by molar-refractivity contribution is 0.145. The largest absolute Gasteiger partial charge is 0.506 e. The number of hydrogen-bond donors (Lipinski definition) is 4. The number of benzene rings is 1. The van der Waals surface area contributed by atoms with Crippen LogP contribution in [0.2, 0.25) is 10.0 Å². The topological polar surface area (TPSA) is 94.1 Å². The van der Waals surface area contributed by atoms with Gasteiger partial charge in [-0.2, -0.15) is 0 Å². The number of aliphatic hydroxyl groups excluding tert-OH is 3. The Hall–Kier alpha value is -1.72. The van der Waals surface area contributed by atoms with Crippen molar-refractivity contribution in [2.75, 3.05) is 0 Å². The number of rotatable bonds is 8. The van der Waals surface area contributed by atoms with Crippen LogP contribution in [0.3, 0.4) is 0 Å². The van der Waals surface area contributed by atoms with Crippen molar-refractivity contribution in [1.82, 2.24) is 0 Å². The van der Waals surface area contributed by atoms with Crippen LogP contribution in [0.4, 0.5) is 0 Å². The van der Waals surface area contributed by atoms with Crippen LogP contribution in [0.15, 0.2) is 46.1 Å². The first-order valence-corrected chi connectivity index (χ1v) is 9.66. The Kier molecular flexibility index (Phi) is 8.20. The van der Waals surface area contributed by atoms with Gasteiger partial charge in [-0.3, -0.25) is 0 Å². The van der Waals surface area contributed by atoms with Crippen molar-refractivity contribution < 1.29 is 24.8 Å². The Labute approximate surface area is 174 Å². The quantitative estimate of drug-likeness (QED) is 0.442. The van der Waals surface area contributed by atoms with Crippen LogP contribution in [0.1, 0.15) is 56.0 Å². The summed E-state index contributed by atoms with van der Waals surface area (Å²) in [6.07, 6.45) is 0.306. The standard InChI is InChI=1S/C21H24Cl2O5/c1-12(2)13(4-3-5-18(25)20-7-6-15(11-24)28-20)8-19(26)16-9-14(22)10-17(23)21(16)27/h3,6-7,9-10,12,18-19,24-27H,5,8,11H2,1-2H3/t4?,18-,19-/m1/s1. The van der Waals surface area contributed by atoms with Gasteiger partial charge < -0.3 is 24.8 Å². The molecule has 1 heterocycles. The molecule has 0 saturated carbocycles. The van der Waals surface area contributed by atoms with Crippen molar-refractivity contribution in [1.29, 1.82) is 0 Å². The Morgan fingerprint density at radius 2 is 1.89 bits per heavy atom. The molecule has 152 valence electrons. The summed E-state index contributed by atoms with van der Waals surface area (Å²) < 4.78 is 5.31. The van der Waals surface area contributed by atoms with Gasteiger partial charge in [0.2, 0.25) is 0 Å². The van der Waals surface area contributed by atoms with E-state index >= 15 is 0 Å². The lowest BCUT2D eigenvalue weighted by Crippen LogP contribution is -2.04. The van der Waals surface area contributed by atoms with E-state index in [0.29, 0.717) is 16.5 Å². The molecule has 0 aliphatic rings. The highest BCUT2D eigenvalue weighted by Crippen LogP contribution is 2.37. The van der Waals surface area contributed by atoms with Gasteiger partial charge in [0.05, 0.1) is 11.1 Å². The van der Waals surface area contributed by atoms with Crippen LogP contribution in [-0.4, -0.2) is 20.4 Å². The third-order valence-corrected chi connectivity index (χ3v) is 4.83. The van der Waals surface area contributed by atoms with E-state index in [0.717, 1.165) is 5.57 Å². The fourth-order valence-electron chi connectivity index (χ4n) is 2.70. The summed E-state index contributed by atoms with van der Waals surface area (Å²) in [7, 11) is 0. The van der Waals surface area contributed by atoms with E-state index in [2.05, 4.69) is 5.73 Å². The molecule has 0 bridgehead atoms. The summed E-state index contributed by atoms with van der Waals surface area (Å²) in [6, 6.07) is 6.11. The van der Waals surface area contributed by atoms with Crippen LogP contribution < -0.4 is 0 Å². The van der Waals surface area contributed by atoms with E-state index in [9.17, 15) is 15.3 Å². The van der Waals surface area contributed by atoms with E-state index in [4.69, 9.17) is 32.7 Å². The molecular formula is C21H24Cl2O5. The van der Waals surface area contributed by atoms with Crippen molar-refractivity contribution in [3.63, 3.8) is 0 Å². The molecule has 2 rings (SSSR count). The maximum atomic E-state index is 10.5. The maximum absolute atomic E-state index is 10.5. The predicted octanol–water partition coefficient (Wildman–Crippen LogP) is 5.07. The Morgan fingerprint density at radius 1 is 1.18 bits per heavy atom. The number of furan rings is 1. The summed E-state index contributed by atoms with van der Waals surface area (Å²) in [6.45, 7) is 3.70. The van der Waals surface area contributed by atoms with Crippen LogP contribution in [0.5, 0.6) is 5.75 Å². The van der Waals surface area contributed by atoms with Gasteiger partial charge >= 0.3 is 0 Å². The lowest BCUT2D eigenvalue weighted by atomic mass is 9.94. The average molecular weight is 427 g/mol. The monoisotopic (exact) mass is 426 g/mol. The molecule has 0 amide bonds. The number of aliphatic hydroxyl groups is 3. The SMILES string of the molecule is CC(C)C(=C=CC[C@@H](O)c1ccc(CO)o1)C[C@@H](O)c1cc(Cl)cc(Cl)c1O. The molecule has 4 N–H and O–H groups in total. The van der Waals surface area contributed by atoms with Crippen molar-refractivity contribution >= 4 is 23.2 Å². The Bertz CT molecular complexity index is 866. The van der Waals surface area contributed by atoms with Crippen LogP contribution in [0, 0.1) is 5.92 Å². The molecule has 0 aliphatic heterocycles. The predicted molar refractivity (Wildman–Crippen MR) is 108 cm³/mol. The number of hydrogen-bond acceptors (Lipinski definition) is 5. The molecule has 2 aromatic rings. The third kappa shape index (κ3) is 5.89. The third-order valence-electron chi connectivity index (χ3n) is 4.32. The zero-order valence-electron chi connectivity index (χ0n) is 15.7. The molecule has 0 unspecified atom stereocenters. The van der Waals surface area contributed by atoms with Gasteiger partial charge in [-0.25, -0.2) is 0 Å². The van der Waals surface area contributed by atoms with Gasteiger partial charge in [-0.1, -0.05) is 37.0 Å². The molecule has 28 heavy (non-hydrogen) atoms. The van der Waals surface area contributed by atoms with Crippen molar-refractivity contribution in [2.45, 2.75) is 45.5 Å². The molecule has 1 aromatic heterocycles. The summed E-state index contributed by atoms with van der Waals surface area (Å²) in [5, 5.41) is 40.2. The second-order valence-electron chi connectivity index (χ2n) is 6.79. The smallest absolute Gasteiger partial charge is 0.140 e. The second kappa shape index (κ2) is 10.2. The lowest BCUT2D eigenvalue weighted by Gasteiger charge is -2.17. The minimum atomic E-state index is -1.00. The number of halogens is 2. The molecule has 0 aliphatic carbocycles. The molecule has 1 aromatic carbocycles. The zero-order valence-corrected chi connectivity index (χ0v) is 17.2. The molecule has 0 radical (unpaired) electrons. The van der Waals surface area contributed by atoms with Gasteiger partial charge in [-0.05, 0) is 41.8 Å². The van der Waals surface area contributed by atoms with Crippen LogP contribution >= 0.6 is 23.2 Å². The average Bonchev–Trinajstić information content (AvgIpc) is 3.12. The highest BCUT2D eigenvalue weighted by molar-refractivity contribution is 6.35. The van der Waals surface area contributed by atoms with Gasteiger partial charge in [0.1, 0.15) is 30.0 Å². The number of phenolic OH excluding ortho intramolecular Hbond substituents is 1. The van der Waals surface area contributed by atoms with Crippen molar-refractivity contribution in [3.8, 4) is 5.75 Å². The van der Waals surface area contributed by atoms with E-state index in [1.807, 2.05) is 13.8 Å². The molecular weight excluding hydrogens is 403 g/mol. The minimum Gasteiger partial charge on any atom is -0.506 e.